The number of piperidine rings is 1. The van der Waals surface area contributed by atoms with Crippen molar-refractivity contribution in [2.45, 2.75) is 31.8 Å². The van der Waals surface area contributed by atoms with Crippen LogP contribution in [-0.4, -0.2) is 35.7 Å². The Bertz CT molecular complexity index is 1000. The van der Waals surface area contributed by atoms with Crippen molar-refractivity contribution in [2.24, 2.45) is 0 Å². The number of benzene rings is 1. The Kier molecular flexibility index (Phi) is 4.33. The Morgan fingerprint density at radius 2 is 1.96 bits per heavy atom. The fourth-order valence-corrected chi connectivity index (χ4v) is 5.51. The molecule has 0 bridgehead atoms. The third kappa shape index (κ3) is 2.97. The lowest BCUT2D eigenvalue weighted by Gasteiger charge is -2.43. The number of aromatic nitrogens is 1. The van der Waals surface area contributed by atoms with E-state index in [-0.39, 0.29) is 11.5 Å². The Balaban J connectivity index is 1.38. The summed E-state index contributed by atoms with van der Waals surface area (Å²) in [6.45, 7) is 3.88. The first kappa shape index (κ1) is 17.6. The van der Waals surface area contributed by atoms with E-state index in [0.29, 0.717) is 24.5 Å². The van der Waals surface area contributed by atoms with Crippen LogP contribution in [0.15, 0.2) is 47.0 Å². The molecule has 144 valence electrons. The van der Waals surface area contributed by atoms with Gasteiger partial charge in [-0.05, 0) is 37.0 Å². The third-order valence-electron chi connectivity index (χ3n) is 5.77. The van der Waals surface area contributed by atoms with Crippen molar-refractivity contribution in [3.63, 3.8) is 0 Å². The van der Waals surface area contributed by atoms with Crippen molar-refractivity contribution in [1.29, 1.82) is 0 Å². The number of fused-ring (bicyclic) bond motifs is 2. The number of aryl methyl sites for hydroxylation is 1. The quantitative estimate of drug-likeness (QED) is 0.646. The van der Waals surface area contributed by atoms with Crippen molar-refractivity contribution in [3.05, 3.63) is 64.4 Å². The van der Waals surface area contributed by atoms with Crippen molar-refractivity contribution in [3.8, 4) is 10.4 Å². The zero-order valence-electron chi connectivity index (χ0n) is 15.8. The summed E-state index contributed by atoms with van der Waals surface area (Å²) in [6.07, 6.45) is 2.59. The van der Waals surface area contributed by atoms with Gasteiger partial charge in [0.15, 0.2) is 5.69 Å². The Morgan fingerprint density at radius 1 is 1.18 bits per heavy atom. The molecule has 0 radical (unpaired) electrons. The van der Waals surface area contributed by atoms with Crippen LogP contribution >= 0.6 is 11.3 Å². The van der Waals surface area contributed by atoms with Crippen LogP contribution in [0.2, 0.25) is 0 Å². The summed E-state index contributed by atoms with van der Waals surface area (Å²) in [6, 6.07) is 14.5. The maximum atomic E-state index is 12.7. The van der Waals surface area contributed by atoms with E-state index in [1.807, 2.05) is 22.3 Å². The number of hydrogen-bond donors (Lipinski definition) is 0. The molecule has 0 aliphatic carbocycles. The van der Waals surface area contributed by atoms with Gasteiger partial charge in [-0.1, -0.05) is 35.5 Å². The van der Waals surface area contributed by atoms with Gasteiger partial charge in [-0.2, -0.15) is 0 Å². The first-order valence-corrected chi connectivity index (χ1v) is 10.5. The number of carbonyl (C=O) groups excluding carboxylic acids is 1. The van der Waals surface area contributed by atoms with Gasteiger partial charge in [0.05, 0.1) is 12.2 Å². The first-order valence-electron chi connectivity index (χ1n) is 9.70. The number of nitrogens with zero attached hydrogens (tertiary/aromatic N) is 2. The van der Waals surface area contributed by atoms with Crippen molar-refractivity contribution in [1.82, 2.24) is 10.1 Å². The monoisotopic (exact) mass is 394 g/mol. The molecule has 0 saturated carbocycles. The smallest absolute Gasteiger partial charge is 0.276 e. The molecular formula is C22H22N2O3S. The summed E-state index contributed by atoms with van der Waals surface area (Å²) >= 11 is 1.88. The zero-order valence-corrected chi connectivity index (χ0v) is 16.6. The molecule has 6 heteroatoms. The highest BCUT2D eigenvalue weighted by atomic mass is 32.1. The van der Waals surface area contributed by atoms with Gasteiger partial charge in [-0.25, -0.2) is 0 Å². The summed E-state index contributed by atoms with van der Waals surface area (Å²) in [5.74, 6) is 0.599. The van der Waals surface area contributed by atoms with Crippen LogP contribution in [0.1, 0.15) is 39.5 Å². The molecule has 5 nitrogen and oxygen atoms in total. The van der Waals surface area contributed by atoms with Gasteiger partial charge in [0.2, 0.25) is 0 Å². The number of ether oxygens (including phenoxy) is 1. The van der Waals surface area contributed by atoms with E-state index in [0.717, 1.165) is 25.9 Å². The van der Waals surface area contributed by atoms with Crippen LogP contribution < -0.4 is 0 Å². The van der Waals surface area contributed by atoms with Crippen LogP contribution in [0.5, 0.6) is 0 Å². The Morgan fingerprint density at radius 3 is 2.68 bits per heavy atom. The van der Waals surface area contributed by atoms with Gasteiger partial charge in [0.1, 0.15) is 5.76 Å². The molecular weight excluding hydrogens is 372 g/mol. The van der Waals surface area contributed by atoms with Crippen LogP contribution in [0.25, 0.3) is 10.4 Å². The van der Waals surface area contributed by atoms with Crippen molar-refractivity contribution < 1.29 is 14.1 Å². The van der Waals surface area contributed by atoms with E-state index in [1.165, 1.54) is 20.9 Å². The lowest BCUT2D eigenvalue weighted by Crippen LogP contribution is -2.48. The number of likely N-dealkylation sites (tertiary alicyclic amines) is 1. The minimum Gasteiger partial charge on any atom is -0.370 e. The van der Waals surface area contributed by atoms with Crippen LogP contribution in [0.3, 0.4) is 0 Å². The second kappa shape index (κ2) is 6.87. The predicted molar refractivity (Wildman–Crippen MR) is 107 cm³/mol. The van der Waals surface area contributed by atoms with Gasteiger partial charge >= 0.3 is 0 Å². The number of rotatable bonds is 2. The Labute approximate surface area is 167 Å². The zero-order chi connectivity index (χ0) is 19.1. The van der Waals surface area contributed by atoms with Crippen LogP contribution in [0.4, 0.5) is 0 Å². The molecule has 4 heterocycles. The number of hydrogen-bond acceptors (Lipinski definition) is 5. The number of amides is 1. The molecule has 1 saturated heterocycles. The van der Waals surface area contributed by atoms with E-state index < -0.39 is 0 Å². The normalized spacial score (nSPS) is 18.2. The molecule has 0 unspecified atom stereocenters. The lowest BCUT2D eigenvalue weighted by molar-refractivity contribution is -0.0926. The maximum Gasteiger partial charge on any atom is 0.276 e. The summed E-state index contributed by atoms with van der Waals surface area (Å²) in [7, 11) is 0. The van der Waals surface area contributed by atoms with Crippen LogP contribution in [-0.2, 0) is 16.8 Å². The second-order valence-electron chi connectivity index (χ2n) is 7.52. The minimum atomic E-state index is -0.270. The SMILES string of the molecule is Cc1cc(C(=O)N2CCC3(CC2)OCCc2sc(-c4ccccc4)cc23)no1. The van der Waals surface area contributed by atoms with Gasteiger partial charge in [-0.3, -0.25) is 4.79 Å². The van der Waals surface area contributed by atoms with E-state index in [4.69, 9.17) is 9.26 Å². The molecule has 28 heavy (non-hydrogen) atoms. The third-order valence-corrected chi connectivity index (χ3v) is 7.01. The van der Waals surface area contributed by atoms with E-state index >= 15 is 0 Å². The van der Waals surface area contributed by atoms with Gasteiger partial charge in [0, 0.05) is 35.3 Å². The summed E-state index contributed by atoms with van der Waals surface area (Å²) in [4.78, 5) is 17.3. The Hall–Kier alpha value is -2.44. The highest BCUT2D eigenvalue weighted by molar-refractivity contribution is 7.15. The van der Waals surface area contributed by atoms with Crippen LogP contribution in [0, 0.1) is 6.92 Å². The molecule has 0 N–H and O–H groups in total. The standard InChI is InChI=1S/C22H22N2O3S/c1-15-13-18(23-27-15)21(25)24-10-8-22(9-11-24)17-14-20(16-5-3-2-4-6-16)28-19(17)7-12-26-22/h2-6,13-14H,7-12H2,1H3. The van der Waals surface area contributed by atoms with Gasteiger partial charge in [-0.15, -0.1) is 11.3 Å². The highest BCUT2D eigenvalue weighted by Crippen LogP contribution is 2.46. The number of thiophene rings is 1. The predicted octanol–water partition coefficient (Wildman–Crippen LogP) is 4.42. The summed E-state index contributed by atoms with van der Waals surface area (Å²) < 4.78 is 11.4. The molecule has 1 fully saturated rings. The lowest BCUT2D eigenvalue weighted by atomic mass is 9.82. The molecule has 1 amide bonds. The van der Waals surface area contributed by atoms with E-state index in [2.05, 4.69) is 35.5 Å². The van der Waals surface area contributed by atoms with E-state index in [1.54, 1.807) is 13.0 Å². The molecule has 0 atom stereocenters. The molecule has 5 rings (SSSR count). The second-order valence-corrected chi connectivity index (χ2v) is 8.66. The average molecular weight is 394 g/mol. The molecule has 2 aromatic heterocycles. The average Bonchev–Trinajstić information content (AvgIpc) is 3.36. The molecule has 1 aromatic carbocycles. The molecule has 3 aromatic rings. The fraction of sp³-hybridized carbons (Fsp3) is 0.364. The van der Waals surface area contributed by atoms with Crippen molar-refractivity contribution >= 4 is 17.2 Å². The maximum absolute atomic E-state index is 12.7. The topological polar surface area (TPSA) is 55.6 Å². The fourth-order valence-electron chi connectivity index (χ4n) is 4.28. The van der Waals surface area contributed by atoms with Gasteiger partial charge in [0.25, 0.3) is 5.91 Å². The molecule has 1 spiro atoms. The largest absolute Gasteiger partial charge is 0.370 e. The highest BCUT2D eigenvalue weighted by Gasteiger charge is 2.43. The summed E-state index contributed by atoms with van der Waals surface area (Å²) in [5, 5.41) is 3.87. The molecule has 2 aliphatic heterocycles. The summed E-state index contributed by atoms with van der Waals surface area (Å²) in [5.41, 5.74) is 2.70. The first-order chi connectivity index (χ1) is 13.6. The van der Waals surface area contributed by atoms with E-state index in [9.17, 15) is 4.79 Å². The minimum absolute atomic E-state index is 0.0574. The molecule has 2 aliphatic rings. The van der Waals surface area contributed by atoms with Gasteiger partial charge < -0.3 is 14.2 Å². The van der Waals surface area contributed by atoms with Crippen molar-refractivity contribution in [2.75, 3.05) is 19.7 Å². The number of carbonyl (C=O) groups is 1.